The van der Waals surface area contributed by atoms with Crippen LogP contribution in [0.25, 0.3) is 0 Å². The largest absolute Gasteiger partial charge is 0.228 e. The number of thioether (sulfide) groups is 1. The fourth-order valence-electron chi connectivity index (χ4n) is 2.45. The van der Waals surface area contributed by atoms with Crippen LogP contribution >= 0.6 is 11.8 Å². The average Bonchev–Trinajstić information content (AvgIpc) is 2.52. The lowest BCUT2D eigenvalue weighted by Gasteiger charge is -2.18. The number of hydrogen-bond acceptors (Lipinski definition) is 3. The maximum atomic E-state index is 12.0. The summed E-state index contributed by atoms with van der Waals surface area (Å²) in [5, 5.41) is 0. The molecular weight excluding hydrogens is 336 g/mol. The van der Waals surface area contributed by atoms with Gasteiger partial charge in [-0.3, -0.25) is 0 Å². The van der Waals surface area contributed by atoms with Gasteiger partial charge in [0.15, 0.2) is 9.84 Å². The van der Waals surface area contributed by atoms with E-state index in [4.69, 9.17) is 0 Å². The summed E-state index contributed by atoms with van der Waals surface area (Å²) in [6, 6.07) is 10.6. The van der Waals surface area contributed by atoms with Gasteiger partial charge >= 0.3 is 0 Å². The highest BCUT2D eigenvalue weighted by Crippen LogP contribution is 2.19. The smallest absolute Gasteiger partial charge is 0.155 e. The van der Waals surface area contributed by atoms with E-state index in [9.17, 15) is 8.42 Å². The van der Waals surface area contributed by atoms with Gasteiger partial charge in [0, 0.05) is 5.75 Å². The molecule has 0 saturated heterocycles. The number of hydrogen-bond donors (Lipinski definition) is 0. The van der Waals surface area contributed by atoms with E-state index in [1.165, 1.54) is 37.0 Å². The molecule has 24 heavy (non-hydrogen) atoms. The molecule has 0 spiro atoms. The molecule has 0 bridgehead atoms. The minimum atomic E-state index is -2.93. The number of rotatable bonds is 12. The van der Waals surface area contributed by atoms with Gasteiger partial charge in [-0.2, -0.15) is 11.8 Å². The van der Waals surface area contributed by atoms with Crippen LogP contribution in [0.3, 0.4) is 0 Å². The molecule has 0 radical (unpaired) electrons. The zero-order valence-corrected chi connectivity index (χ0v) is 17.2. The Kier molecular flexibility index (Phi) is 10.1. The van der Waals surface area contributed by atoms with Gasteiger partial charge in [0.2, 0.25) is 0 Å². The van der Waals surface area contributed by atoms with Crippen molar-refractivity contribution in [2.24, 2.45) is 0 Å². The Balaban J connectivity index is 1.91. The first kappa shape index (κ1) is 21.6. The van der Waals surface area contributed by atoms with Crippen LogP contribution in [-0.4, -0.2) is 24.7 Å². The van der Waals surface area contributed by atoms with Gasteiger partial charge in [-0.05, 0) is 44.9 Å². The second kappa shape index (κ2) is 11.2. The van der Waals surface area contributed by atoms with Crippen molar-refractivity contribution in [2.75, 3.05) is 11.5 Å². The lowest BCUT2D eigenvalue weighted by Crippen LogP contribution is -2.30. The van der Waals surface area contributed by atoms with Crippen molar-refractivity contribution in [3.8, 4) is 0 Å². The molecule has 1 rings (SSSR count). The van der Waals surface area contributed by atoms with Crippen LogP contribution in [0.2, 0.25) is 0 Å². The summed E-state index contributed by atoms with van der Waals surface area (Å²) in [6.07, 6.45) is 8.11. The highest BCUT2D eigenvalue weighted by Gasteiger charge is 2.27. The molecule has 0 atom stereocenters. The highest BCUT2D eigenvalue weighted by atomic mass is 32.2. The quantitative estimate of drug-likeness (QED) is 0.432. The fourth-order valence-corrected chi connectivity index (χ4v) is 4.63. The van der Waals surface area contributed by atoms with Crippen molar-refractivity contribution < 1.29 is 8.42 Å². The Labute approximate surface area is 153 Å². The summed E-state index contributed by atoms with van der Waals surface area (Å²) in [6.45, 7) is 5.37. The van der Waals surface area contributed by atoms with Crippen LogP contribution in [0.15, 0.2) is 30.3 Å². The summed E-state index contributed by atoms with van der Waals surface area (Å²) in [7, 11) is -2.93. The van der Waals surface area contributed by atoms with E-state index >= 15 is 0 Å². The summed E-state index contributed by atoms with van der Waals surface area (Å²) < 4.78 is 23.4. The SMILES string of the molecule is CC(C)(C)S(=O)(=O)CCCCCCCCCSCc1ccccc1. The molecule has 0 aliphatic rings. The van der Waals surface area contributed by atoms with Gasteiger partial charge in [0.25, 0.3) is 0 Å². The molecule has 138 valence electrons. The fraction of sp³-hybridized carbons (Fsp3) is 0.700. The molecular formula is C20H34O2S2. The van der Waals surface area contributed by atoms with Gasteiger partial charge in [-0.15, -0.1) is 0 Å². The van der Waals surface area contributed by atoms with Gasteiger partial charge in [-0.1, -0.05) is 62.4 Å². The first-order valence-corrected chi connectivity index (χ1v) is 12.0. The molecule has 0 unspecified atom stereocenters. The predicted molar refractivity (Wildman–Crippen MR) is 108 cm³/mol. The summed E-state index contributed by atoms with van der Waals surface area (Å²) in [5.74, 6) is 2.69. The van der Waals surface area contributed by atoms with Crippen molar-refractivity contribution in [2.45, 2.75) is 76.2 Å². The summed E-state index contributed by atoms with van der Waals surface area (Å²) in [5.41, 5.74) is 1.41. The van der Waals surface area contributed by atoms with E-state index in [0.29, 0.717) is 5.75 Å². The normalized spacial score (nSPS) is 12.5. The van der Waals surface area contributed by atoms with E-state index in [1.807, 2.05) is 11.8 Å². The Morgan fingerprint density at radius 2 is 1.38 bits per heavy atom. The number of unbranched alkanes of at least 4 members (excludes halogenated alkanes) is 6. The standard InChI is InChI=1S/C20H34O2S2/c1-20(2,3)24(21,22)17-13-8-6-4-5-7-12-16-23-18-19-14-10-9-11-15-19/h9-11,14-15H,4-8,12-13,16-18H2,1-3H3. The minimum absolute atomic E-state index is 0.340. The van der Waals surface area contributed by atoms with Gasteiger partial charge < -0.3 is 0 Å². The molecule has 0 aromatic heterocycles. The topological polar surface area (TPSA) is 34.1 Å². The number of sulfone groups is 1. The molecule has 0 saturated carbocycles. The Bertz CT molecular complexity index is 531. The zero-order chi connectivity index (χ0) is 17.9. The van der Waals surface area contributed by atoms with Crippen molar-refractivity contribution in [3.05, 3.63) is 35.9 Å². The molecule has 0 aliphatic heterocycles. The summed E-state index contributed by atoms with van der Waals surface area (Å²) >= 11 is 2.02. The van der Waals surface area contributed by atoms with Crippen LogP contribution in [0.4, 0.5) is 0 Å². The monoisotopic (exact) mass is 370 g/mol. The minimum Gasteiger partial charge on any atom is -0.228 e. The highest BCUT2D eigenvalue weighted by molar-refractivity contribution is 7.98. The zero-order valence-electron chi connectivity index (χ0n) is 15.6. The van der Waals surface area contributed by atoms with Gasteiger partial charge in [0.1, 0.15) is 0 Å². The average molecular weight is 371 g/mol. The van der Waals surface area contributed by atoms with Crippen LogP contribution in [0, 0.1) is 0 Å². The molecule has 0 heterocycles. The Hall–Kier alpha value is -0.480. The van der Waals surface area contributed by atoms with Crippen molar-refractivity contribution in [1.82, 2.24) is 0 Å². The third kappa shape index (κ3) is 9.12. The lowest BCUT2D eigenvalue weighted by molar-refractivity contribution is 0.551. The van der Waals surface area contributed by atoms with Crippen LogP contribution in [-0.2, 0) is 15.6 Å². The second-order valence-electron chi connectivity index (χ2n) is 7.44. The Morgan fingerprint density at radius 3 is 1.96 bits per heavy atom. The lowest BCUT2D eigenvalue weighted by atomic mass is 10.1. The van der Waals surface area contributed by atoms with E-state index in [2.05, 4.69) is 30.3 Å². The Morgan fingerprint density at radius 1 is 0.833 bits per heavy atom. The molecule has 1 aromatic rings. The maximum Gasteiger partial charge on any atom is 0.155 e. The molecule has 4 heteroatoms. The molecule has 0 aliphatic carbocycles. The van der Waals surface area contributed by atoms with Crippen molar-refractivity contribution >= 4 is 21.6 Å². The third-order valence-electron chi connectivity index (χ3n) is 4.25. The third-order valence-corrected chi connectivity index (χ3v) is 8.05. The summed E-state index contributed by atoms with van der Waals surface area (Å²) in [4.78, 5) is 0. The second-order valence-corrected chi connectivity index (χ2v) is 11.4. The van der Waals surface area contributed by atoms with Crippen molar-refractivity contribution in [3.63, 3.8) is 0 Å². The van der Waals surface area contributed by atoms with E-state index in [-0.39, 0.29) is 0 Å². The first-order chi connectivity index (χ1) is 11.3. The molecule has 1 aromatic carbocycles. The maximum absolute atomic E-state index is 12.0. The predicted octanol–water partition coefficient (Wildman–Crippen LogP) is 5.86. The van der Waals surface area contributed by atoms with Gasteiger partial charge in [-0.25, -0.2) is 8.42 Å². The van der Waals surface area contributed by atoms with E-state index in [0.717, 1.165) is 25.0 Å². The molecule has 0 fully saturated rings. The molecule has 0 N–H and O–H groups in total. The molecule has 0 amide bonds. The first-order valence-electron chi connectivity index (χ1n) is 9.17. The van der Waals surface area contributed by atoms with Crippen LogP contribution < -0.4 is 0 Å². The van der Waals surface area contributed by atoms with Crippen LogP contribution in [0.5, 0.6) is 0 Å². The molecule has 2 nitrogen and oxygen atoms in total. The van der Waals surface area contributed by atoms with E-state index in [1.54, 1.807) is 20.8 Å². The van der Waals surface area contributed by atoms with Crippen molar-refractivity contribution in [1.29, 1.82) is 0 Å². The van der Waals surface area contributed by atoms with Gasteiger partial charge in [0.05, 0.1) is 10.5 Å². The van der Waals surface area contributed by atoms with E-state index < -0.39 is 14.6 Å². The van der Waals surface area contributed by atoms with Crippen LogP contribution in [0.1, 0.15) is 71.3 Å². The number of benzene rings is 1.